The first-order chi connectivity index (χ1) is 9.40. The number of carbonyl (C=O) groups is 2. The lowest BCUT2D eigenvalue weighted by Crippen LogP contribution is -2.42. The Morgan fingerprint density at radius 1 is 1.40 bits per heavy atom. The van der Waals surface area contributed by atoms with Crippen LogP contribution in [0.5, 0.6) is 0 Å². The number of carbonyl (C=O) groups excluding carboxylic acids is 2. The number of halogens is 1. The van der Waals surface area contributed by atoms with E-state index in [2.05, 4.69) is 0 Å². The second-order valence-electron chi connectivity index (χ2n) is 4.77. The van der Waals surface area contributed by atoms with Crippen molar-refractivity contribution in [3.63, 3.8) is 0 Å². The summed E-state index contributed by atoms with van der Waals surface area (Å²) in [6.07, 6.45) is 3.22. The van der Waals surface area contributed by atoms with Gasteiger partial charge in [0.2, 0.25) is 5.91 Å². The van der Waals surface area contributed by atoms with Crippen molar-refractivity contribution in [1.82, 2.24) is 9.30 Å². The fraction of sp³-hybridized carbons (Fsp3) is 0.286. The summed E-state index contributed by atoms with van der Waals surface area (Å²) in [5.74, 6) is -0.979. The number of aromatic nitrogens is 1. The second-order valence-corrected chi connectivity index (χ2v) is 4.77. The van der Waals surface area contributed by atoms with Gasteiger partial charge in [-0.25, -0.2) is 4.39 Å². The minimum atomic E-state index is -0.656. The summed E-state index contributed by atoms with van der Waals surface area (Å²) in [6.45, 7) is 1.48. The molecule has 2 N–H and O–H groups in total. The molecule has 5 nitrogen and oxygen atoms in total. The summed E-state index contributed by atoms with van der Waals surface area (Å²) in [5, 5.41) is 0. The maximum absolute atomic E-state index is 13.2. The monoisotopic (exact) mass is 277 g/mol. The van der Waals surface area contributed by atoms with E-state index in [4.69, 9.17) is 5.73 Å². The summed E-state index contributed by atoms with van der Waals surface area (Å²) in [7, 11) is 1.52. The number of rotatable bonds is 4. The van der Waals surface area contributed by atoms with E-state index in [1.165, 1.54) is 30.3 Å². The van der Waals surface area contributed by atoms with E-state index in [1.807, 2.05) is 0 Å². The van der Waals surface area contributed by atoms with Gasteiger partial charge in [-0.15, -0.1) is 0 Å². The lowest BCUT2D eigenvalue weighted by atomic mass is 10.1. The molecule has 2 aromatic heterocycles. The van der Waals surface area contributed by atoms with E-state index in [0.717, 1.165) is 0 Å². The number of nitrogens with zero attached hydrogens (tertiary/aromatic N) is 2. The molecule has 2 rings (SSSR count). The van der Waals surface area contributed by atoms with E-state index < -0.39 is 11.9 Å². The summed E-state index contributed by atoms with van der Waals surface area (Å²) < 4.78 is 14.9. The number of likely N-dealkylation sites (N-methyl/N-ethyl adjacent to an activating group) is 1. The topological polar surface area (TPSA) is 67.8 Å². The van der Waals surface area contributed by atoms with Crippen molar-refractivity contribution < 1.29 is 14.0 Å². The zero-order chi connectivity index (χ0) is 14.9. The number of amides is 1. The van der Waals surface area contributed by atoms with Gasteiger partial charge in [-0.3, -0.25) is 9.59 Å². The van der Waals surface area contributed by atoms with Crippen LogP contribution in [0.15, 0.2) is 30.6 Å². The first-order valence-electron chi connectivity index (χ1n) is 6.20. The SMILES string of the molecule is C[C@H](N)C(=O)N(C)CC(=O)c1ccn2ccc(F)cc12. The maximum Gasteiger partial charge on any atom is 0.239 e. The van der Waals surface area contributed by atoms with Crippen LogP contribution in [0.1, 0.15) is 17.3 Å². The Morgan fingerprint density at radius 3 is 2.70 bits per heavy atom. The van der Waals surface area contributed by atoms with Crippen LogP contribution in [-0.2, 0) is 4.79 Å². The van der Waals surface area contributed by atoms with E-state index in [1.54, 1.807) is 23.6 Å². The highest BCUT2D eigenvalue weighted by atomic mass is 19.1. The summed E-state index contributed by atoms with van der Waals surface area (Å²) in [5.41, 5.74) is 6.35. The van der Waals surface area contributed by atoms with Crippen molar-refractivity contribution in [2.24, 2.45) is 5.73 Å². The number of fused-ring (bicyclic) bond motifs is 1. The van der Waals surface area contributed by atoms with Crippen LogP contribution in [0.3, 0.4) is 0 Å². The lowest BCUT2D eigenvalue weighted by Gasteiger charge is -2.18. The van der Waals surface area contributed by atoms with Crippen molar-refractivity contribution in [3.8, 4) is 0 Å². The normalized spacial score (nSPS) is 12.4. The molecule has 0 bridgehead atoms. The Hall–Kier alpha value is -2.21. The predicted molar refractivity (Wildman–Crippen MR) is 73.0 cm³/mol. The Bertz CT molecular complexity index is 663. The highest BCUT2D eigenvalue weighted by Crippen LogP contribution is 2.15. The quantitative estimate of drug-likeness (QED) is 0.850. The average Bonchev–Trinajstić information content (AvgIpc) is 2.80. The molecule has 2 aromatic rings. The number of hydrogen-bond acceptors (Lipinski definition) is 3. The van der Waals surface area contributed by atoms with Gasteiger partial charge in [-0.05, 0) is 25.1 Å². The molecule has 20 heavy (non-hydrogen) atoms. The molecular weight excluding hydrogens is 261 g/mol. The van der Waals surface area contributed by atoms with Crippen LogP contribution < -0.4 is 5.73 Å². The number of Topliss-reactive ketones (excluding diaryl/α,β-unsaturated/α-hetero) is 1. The Balaban J connectivity index is 2.24. The van der Waals surface area contributed by atoms with Crippen LogP contribution in [0.4, 0.5) is 4.39 Å². The number of hydrogen-bond donors (Lipinski definition) is 1. The van der Waals surface area contributed by atoms with Crippen LogP contribution in [0.25, 0.3) is 5.52 Å². The van der Waals surface area contributed by atoms with E-state index in [9.17, 15) is 14.0 Å². The molecule has 0 aliphatic carbocycles. The van der Waals surface area contributed by atoms with E-state index in [-0.39, 0.29) is 18.2 Å². The van der Waals surface area contributed by atoms with Gasteiger partial charge in [0.15, 0.2) is 5.78 Å². The second kappa shape index (κ2) is 5.42. The first kappa shape index (κ1) is 14.2. The molecule has 0 saturated carbocycles. The summed E-state index contributed by atoms with van der Waals surface area (Å²) in [4.78, 5) is 25.1. The Morgan fingerprint density at radius 2 is 2.05 bits per heavy atom. The van der Waals surface area contributed by atoms with Crippen molar-refractivity contribution >= 4 is 17.2 Å². The minimum absolute atomic E-state index is 0.0867. The largest absolute Gasteiger partial charge is 0.337 e. The third-order valence-electron chi connectivity index (χ3n) is 3.07. The third-order valence-corrected chi connectivity index (χ3v) is 3.07. The zero-order valence-electron chi connectivity index (χ0n) is 11.3. The number of pyridine rings is 1. The highest BCUT2D eigenvalue weighted by Gasteiger charge is 2.19. The Labute approximate surface area is 115 Å². The van der Waals surface area contributed by atoms with Gasteiger partial charge >= 0.3 is 0 Å². The molecule has 0 unspecified atom stereocenters. The molecule has 0 aliphatic rings. The molecular formula is C14H16FN3O2. The minimum Gasteiger partial charge on any atom is -0.337 e. The van der Waals surface area contributed by atoms with Gasteiger partial charge < -0.3 is 15.0 Å². The molecule has 0 saturated heterocycles. The van der Waals surface area contributed by atoms with E-state index in [0.29, 0.717) is 11.1 Å². The molecule has 0 aromatic carbocycles. The molecule has 0 fully saturated rings. The molecule has 1 amide bonds. The van der Waals surface area contributed by atoms with Crippen molar-refractivity contribution in [2.45, 2.75) is 13.0 Å². The molecule has 0 spiro atoms. The van der Waals surface area contributed by atoms with E-state index >= 15 is 0 Å². The fourth-order valence-electron chi connectivity index (χ4n) is 2.03. The highest BCUT2D eigenvalue weighted by molar-refractivity contribution is 6.05. The third kappa shape index (κ3) is 2.70. The van der Waals surface area contributed by atoms with Gasteiger partial charge in [0.25, 0.3) is 0 Å². The predicted octanol–water partition coefficient (Wildman–Crippen LogP) is 1.07. The van der Waals surface area contributed by atoms with Crippen molar-refractivity contribution in [3.05, 3.63) is 42.0 Å². The zero-order valence-corrected chi connectivity index (χ0v) is 11.3. The van der Waals surface area contributed by atoms with Gasteiger partial charge in [-0.1, -0.05) is 0 Å². The van der Waals surface area contributed by atoms with Gasteiger partial charge in [-0.2, -0.15) is 0 Å². The van der Waals surface area contributed by atoms with Crippen LogP contribution >= 0.6 is 0 Å². The molecule has 0 radical (unpaired) electrons. The molecule has 6 heteroatoms. The summed E-state index contributed by atoms with van der Waals surface area (Å²) in [6, 6.07) is 3.56. The number of ketones is 1. The van der Waals surface area contributed by atoms with Crippen molar-refractivity contribution in [1.29, 1.82) is 0 Å². The Kier molecular flexibility index (Phi) is 3.85. The molecule has 106 valence electrons. The molecule has 1 atom stereocenters. The lowest BCUT2D eigenvalue weighted by molar-refractivity contribution is -0.130. The fourth-order valence-corrected chi connectivity index (χ4v) is 2.03. The maximum atomic E-state index is 13.2. The first-order valence-corrected chi connectivity index (χ1v) is 6.20. The number of nitrogens with two attached hydrogens (primary N) is 1. The van der Waals surface area contributed by atoms with Gasteiger partial charge in [0, 0.05) is 25.0 Å². The van der Waals surface area contributed by atoms with Crippen LogP contribution in [0, 0.1) is 5.82 Å². The van der Waals surface area contributed by atoms with Crippen molar-refractivity contribution in [2.75, 3.05) is 13.6 Å². The molecule has 2 heterocycles. The average molecular weight is 277 g/mol. The van der Waals surface area contributed by atoms with Crippen LogP contribution in [-0.4, -0.2) is 40.6 Å². The van der Waals surface area contributed by atoms with Crippen LogP contribution in [0.2, 0.25) is 0 Å². The standard InChI is InChI=1S/C14H16FN3O2/c1-9(16)14(20)17(2)8-13(19)11-4-6-18-5-3-10(15)7-12(11)18/h3-7,9H,8,16H2,1-2H3/t9-/m0/s1. The van der Waals surface area contributed by atoms with Gasteiger partial charge in [0.05, 0.1) is 18.1 Å². The smallest absolute Gasteiger partial charge is 0.239 e. The summed E-state index contributed by atoms with van der Waals surface area (Å²) >= 11 is 0. The van der Waals surface area contributed by atoms with Gasteiger partial charge in [0.1, 0.15) is 5.82 Å². The molecule has 0 aliphatic heterocycles.